The summed E-state index contributed by atoms with van der Waals surface area (Å²) in [7, 11) is 0. The minimum absolute atomic E-state index is 0.0797. The number of para-hydroxylation sites is 1. The van der Waals surface area contributed by atoms with E-state index in [1.807, 2.05) is 30.5 Å². The zero-order valence-corrected chi connectivity index (χ0v) is 14.3. The van der Waals surface area contributed by atoms with Crippen LogP contribution in [0.1, 0.15) is 13.3 Å². The molecule has 0 saturated carbocycles. The number of benzene rings is 1. The molecule has 2 aromatic heterocycles. The van der Waals surface area contributed by atoms with Crippen LogP contribution in [0.5, 0.6) is 0 Å². The van der Waals surface area contributed by atoms with Crippen molar-refractivity contribution in [2.45, 2.75) is 13.3 Å². The Morgan fingerprint density at radius 3 is 2.65 bits per heavy atom. The van der Waals surface area contributed by atoms with Gasteiger partial charge in [-0.1, -0.05) is 24.3 Å². The molecule has 0 spiro atoms. The van der Waals surface area contributed by atoms with Crippen molar-refractivity contribution in [1.82, 2.24) is 14.5 Å². The van der Waals surface area contributed by atoms with Gasteiger partial charge in [-0.25, -0.2) is 9.78 Å². The lowest BCUT2D eigenvalue weighted by Gasteiger charge is -2.10. The molecular weight excluding hydrogens is 334 g/mol. The molecule has 0 aliphatic carbocycles. The van der Waals surface area contributed by atoms with Gasteiger partial charge in [0.05, 0.1) is 17.4 Å². The SMILES string of the molecule is CC(C(=O)OC=O)=C(CCO)n1ccnc1.c1ccc2ncccc2c1. The van der Waals surface area contributed by atoms with Gasteiger partial charge in [0.25, 0.3) is 0 Å². The van der Waals surface area contributed by atoms with E-state index >= 15 is 0 Å². The number of imidazole rings is 1. The van der Waals surface area contributed by atoms with Gasteiger partial charge >= 0.3 is 12.4 Å². The Bertz CT molecular complexity index is 823. The van der Waals surface area contributed by atoms with Crippen LogP contribution in [-0.2, 0) is 14.3 Å². The highest BCUT2D eigenvalue weighted by Gasteiger charge is 2.13. The number of esters is 1. The number of pyridine rings is 1. The van der Waals surface area contributed by atoms with Crippen LogP contribution in [0.25, 0.3) is 16.6 Å². The molecule has 0 bridgehead atoms. The lowest BCUT2D eigenvalue weighted by molar-refractivity contribution is -0.148. The zero-order valence-electron chi connectivity index (χ0n) is 14.3. The first kappa shape index (κ1) is 19.0. The van der Waals surface area contributed by atoms with Crippen LogP contribution in [0.4, 0.5) is 0 Å². The number of aliphatic hydroxyl groups is 1. The number of carbonyl (C=O) groups is 2. The summed E-state index contributed by atoms with van der Waals surface area (Å²) in [6.07, 6.45) is 6.78. The summed E-state index contributed by atoms with van der Waals surface area (Å²) in [6.45, 7) is 1.49. The molecule has 0 aliphatic heterocycles. The number of ether oxygens (including phenoxy) is 1. The molecule has 7 heteroatoms. The highest BCUT2D eigenvalue weighted by atomic mass is 16.6. The van der Waals surface area contributed by atoms with Gasteiger partial charge in [0.1, 0.15) is 0 Å². The molecule has 0 radical (unpaired) electrons. The van der Waals surface area contributed by atoms with Crippen LogP contribution in [0.15, 0.2) is 66.9 Å². The number of rotatable bonds is 5. The molecular formula is C19H19N3O4. The fourth-order valence-electron chi connectivity index (χ4n) is 2.30. The Morgan fingerprint density at radius 2 is 2.00 bits per heavy atom. The van der Waals surface area contributed by atoms with Crippen molar-refractivity contribution in [3.05, 3.63) is 66.9 Å². The topological polar surface area (TPSA) is 94.3 Å². The van der Waals surface area contributed by atoms with Crippen LogP contribution in [0, 0.1) is 0 Å². The fourth-order valence-corrected chi connectivity index (χ4v) is 2.30. The van der Waals surface area contributed by atoms with E-state index in [1.165, 1.54) is 18.6 Å². The summed E-state index contributed by atoms with van der Waals surface area (Å²) < 4.78 is 5.83. The normalized spacial score (nSPS) is 11.2. The van der Waals surface area contributed by atoms with Gasteiger partial charge < -0.3 is 14.4 Å². The summed E-state index contributed by atoms with van der Waals surface area (Å²) >= 11 is 0. The Balaban J connectivity index is 0.000000206. The minimum atomic E-state index is -0.729. The molecule has 3 rings (SSSR count). The molecule has 3 aromatic rings. The summed E-state index contributed by atoms with van der Waals surface area (Å²) in [5, 5.41) is 10.1. The molecule has 0 unspecified atom stereocenters. The molecule has 0 amide bonds. The van der Waals surface area contributed by atoms with Crippen molar-refractivity contribution in [2.75, 3.05) is 6.61 Å². The second-order valence-electron chi connectivity index (χ2n) is 5.21. The van der Waals surface area contributed by atoms with Crippen molar-refractivity contribution >= 4 is 29.0 Å². The number of nitrogens with zero attached hydrogens (tertiary/aromatic N) is 3. The van der Waals surface area contributed by atoms with Crippen molar-refractivity contribution in [3.63, 3.8) is 0 Å². The number of hydrogen-bond acceptors (Lipinski definition) is 6. The maximum atomic E-state index is 11.3. The smallest absolute Gasteiger partial charge is 0.342 e. The summed E-state index contributed by atoms with van der Waals surface area (Å²) in [5.74, 6) is -0.729. The maximum absolute atomic E-state index is 11.3. The Morgan fingerprint density at radius 1 is 1.23 bits per heavy atom. The van der Waals surface area contributed by atoms with E-state index in [-0.39, 0.29) is 25.1 Å². The number of carbonyl (C=O) groups excluding carboxylic acids is 2. The third kappa shape index (κ3) is 5.09. The van der Waals surface area contributed by atoms with Gasteiger partial charge in [-0.05, 0) is 19.1 Å². The minimum Gasteiger partial charge on any atom is -0.396 e. The predicted molar refractivity (Wildman–Crippen MR) is 96.7 cm³/mol. The summed E-state index contributed by atoms with van der Waals surface area (Å²) in [4.78, 5) is 29.4. The Labute approximate surface area is 150 Å². The highest BCUT2D eigenvalue weighted by Crippen LogP contribution is 2.15. The quantitative estimate of drug-likeness (QED) is 0.328. The number of aliphatic hydroxyl groups excluding tert-OH is 1. The second-order valence-corrected chi connectivity index (χ2v) is 5.21. The van der Waals surface area contributed by atoms with E-state index in [0.717, 1.165) is 5.52 Å². The lowest BCUT2D eigenvalue weighted by Crippen LogP contribution is -2.10. The van der Waals surface area contributed by atoms with Crippen LogP contribution in [0.3, 0.4) is 0 Å². The zero-order chi connectivity index (χ0) is 18.8. The van der Waals surface area contributed by atoms with Gasteiger partial charge in [-0.15, -0.1) is 0 Å². The highest BCUT2D eigenvalue weighted by molar-refractivity contribution is 5.96. The number of aromatic nitrogens is 3. The lowest BCUT2D eigenvalue weighted by atomic mass is 10.2. The Hall–Kier alpha value is -3.32. The first-order valence-corrected chi connectivity index (χ1v) is 7.90. The van der Waals surface area contributed by atoms with Gasteiger partial charge in [0.15, 0.2) is 0 Å². The molecule has 1 aromatic carbocycles. The molecule has 0 fully saturated rings. The summed E-state index contributed by atoms with van der Waals surface area (Å²) in [5.41, 5.74) is 1.87. The van der Waals surface area contributed by atoms with E-state index < -0.39 is 5.97 Å². The third-order valence-corrected chi connectivity index (χ3v) is 3.57. The van der Waals surface area contributed by atoms with Crippen LogP contribution in [0.2, 0.25) is 0 Å². The van der Waals surface area contributed by atoms with E-state index in [1.54, 1.807) is 17.0 Å². The molecule has 0 aliphatic rings. The maximum Gasteiger partial charge on any atom is 0.342 e. The second kappa shape index (κ2) is 9.85. The first-order valence-electron chi connectivity index (χ1n) is 7.90. The van der Waals surface area contributed by atoms with E-state index in [2.05, 4.69) is 26.8 Å². The van der Waals surface area contributed by atoms with Crippen LogP contribution >= 0.6 is 0 Å². The van der Waals surface area contributed by atoms with E-state index in [0.29, 0.717) is 5.70 Å². The molecule has 2 heterocycles. The number of fused-ring (bicyclic) bond motifs is 1. The van der Waals surface area contributed by atoms with Crippen LogP contribution in [-0.4, -0.2) is 38.7 Å². The standard InChI is InChI=1S/C10H12N2O4.C9H7N/c1-8(10(15)16-7-14)9(2-5-13)12-4-3-11-6-12;1-2-6-9-8(4-1)5-3-7-10-9/h3-4,6-7,13H,2,5H2,1H3;1-7H. The van der Waals surface area contributed by atoms with Crippen molar-refractivity contribution < 1.29 is 19.4 Å². The predicted octanol–water partition coefficient (Wildman–Crippen LogP) is 2.43. The van der Waals surface area contributed by atoms with Gasteiger partial charge in [0.2, 0.25) is 0 Å². The molecule has 0 atom stereocenters. The molecule has 134 valence electrons. The van der Waals surface area contributed by atoms with Crippen molar-refractivity contribution in [1.29, 1.82) is 0 Å². The van der Waals surface area contributed by atoms with E-state index in [9.17, 15) is 9.59 Å². The number of hydrogen-bond donors (Lipinski definition) is 1. The monoisotopic (exact) mass is 353 g/mol. The van der Waals surface area contributed by atoms with Crippen molar-refractivity contribution in [2.24, 2.45) is 0 Å². The van der Waals surface area contributed by atoms with Crippen LogP contribution < -0.4 is 0 Å². The van der Waals surface area contributed by atoms with Gasteiger partial charge in [-0.2, -0.15) is 0 Å². The van der Waals surface area contributed by atoms with Gasteiger partial charge in [0, 0.05) is 42.7 Å². The molecule has 1 N–H and O–H groups in total. The average Bonchev–Trinajstić information content (AvgIpc) is 3.21. The molecule has 7 nitrogen and oxygen atoms in total. The fraction of sp³-hybridized carbons (Fsp3) is 0.158. The molecule has 0 saturated heterocycles. The molecule has 26 heavy (non-hydrogen) atoms. The third-order valence-electron chi connectivity index (χ3n) is 3.57. The largest absolute Gasteiger partial charge is 0.396 e. The first-order chi connectivity index (χ1) is 12.7. The van der Waals surface area contributed by atoms with E-state index in [4.69, 9.17) is 5.11 Å². The average molecular weight is 353 g/mol. The van der Waals surface area contributed by atoms with Gasteiger partial charge in [-0.3, -0.25) is 9.78 Å². The summed E-state index contributed by atoms with van der Waals surface area (Å²) in [6, 6.07) is 12.1. The van der Waals surface area contributed by atoms with Crippen molar-refractivity contribution in [3.8, 4) is 0 Å². The Kier molecular flexibility index (Phi) is 7.20.